The molecule has 11 heavy (non-hydrogen) atoms. The van der Waals surface area contributed by atoms with Gasteiger partial charge in [-0.1, -0.05) is 0 Å². The number of halogens is 3. The Labute approximate surface area is 72.3 Å². The molecule has 62 valence electrons. The Kier molecular flexibility index (Phi) is 3.04. The van der Waals surface area contributed by atoms with Crippen molar-refractivity contribution in [2.45, 2.75) is 0 Å². The van der Waals surface area contributed by atoms with Crippen molar-refractivity contribution in [3.05, 3.63) is 27.8 Å². The van der Waals surface area contributed by atoms with Crippen LogP contribution < -0.4 is 4.74 Å². The van der Waals surface area contributed by atoms with Crippen molar-refractivity contribution in [2.75, 3.05) is 7.11 Å². The van der Waals surface area contributed by atoms with Crippen LogP contribution in [-0.4, -0.2) is 7.11 Å². The third kappa shape index (κ3) is 2.28. The van der Waals surface area contributed by atoms with Gasteiger partial charge in [-0.15, -0.1) is 0 Å². The predicted molar refractivity (Wildman–Crippen MR) is 47.9 cm³/mol. The number of hydrogen-bond donors (Lipinski definition) is 0. The molecule has 0 saturated heterocycles. The van der Waals surface area contributed by atoms with Gasteiger partial charge in [0.05, 0.1) is 0 Å². The van der Waals surface area contributed by atoms with Crippen molar-refractivity contribution in [2.24, 2.45) is 0 Å². The zero-order valence-electron chi connectivity index (χ0n) is 5.85. The SMILES string of the molecule is COc1cccc(I(F)F)c1. The summed E-state index contributed by atoms with van der Waals surface area (Å²) < 4.78 is 29.3. The molecule has 0 amide bonds. The van der Waals surface area contributed by atoms with E-state index in [1.165, 1.54) is 19.2 Å². The summed E-state index contributed by atoms with van der Waals surface area (Å²) in [6, 6.07) is 6.07. The van der Waals surface area contributed by atoms with Gasteiger partial charge in [0.25, 0.3) is 0 Å². The molecule has 0 aliphatic heterocycles. The molecule has 0 radical (unpaired) electrons. The van der Waals surface area contributed by atoms with Gasteiger partial charge in [0.15, 0.2) is 0 Å². The van der Waals surface area contributed by atoms with E-state index in [2.05, 4.69) is 0 Å². The van der Waals surface area contributed by atoms with Crippen LogP contribution in [0.3, 0.4) is 0 Å². The van der Waals surface area contributed by atoms with Crippen LogP contribution >= 0.6 is 21.0 Å². The van der Waals surface area contributed by atoms with Gasteiger partial charge in [-0.3, -0.25) is 0 Å². The zero-order chi connectivity index (χ0) is 8.27. The molecule has 1 rings (SSSR count). The third-order valence-electron chi connectivity index (χ3n) is 1.20. The first-order chi connectivity index (χ1) is 5.24. The van der Waals surface area contributed by atoms with E-state index >= 15 is 0 Å². The van der Waals surface area contributed by atoms with Gasteiger partial charge in [-0.2, -0.15) is 0 Å². The number of hydrogen-bond acceptors (Lipinski definition) is 1. The fourth-order valence-electron chi connectivity index (χ4n) is 0.683. The van der Waals surface area contributed by atoms with E-state index in [-0.39, 0.29) is 3.57 Å². The molecular weight excluding hydrogens is 265 g/mol. The molecule has 4 heteroatoms. The van der Waals surface area contributed by atoms with Gasteiger partial charge in [0, 0.05) is 0 Å². The van der Waals surface area contributed by atoms with E-state index < -0.39 is 21.0 Å². The van der Waals surface area contributed by atoms with Crippen LogP contribution in [0.25, 0.3) is 0 Å². The maximum atomic E-state index is 12.2. The Balaban J connectivity index is 2.91. The summed E-state index contributed by atoms with van der Waals surface area (Å²) in [7, 11) is 1.47. The molecule has 1 nitrogen and oxygen atoms in total. The molecule has 0 heterocycles. The second kappa shape index (κ2) is 3.85. The molecule has 0 aliphatic carbocycles. The van der Waals surface area contributed by atoms with Gasteiger partial charge in [0.2, 0.25) is 0 Å². The van der Waals surface area contributed by atoms with E-state index in [4.69, 9.17) is 4.74 Å². The van der Waals surface area contributed by atoms with Crippen LogP contribution in [0.2, 0.25) is 0 Å². The molecule has 0 bridgehead atoms. The summed E-state index contributed by atoms with van der Waals surface area (Å²) in [5.74, 6) is 0.500. The molecular formula is C7H7F2IO. The van der Waals surface area contributed by atoms with E-state index in [0.29, 0.717) is 5.75 Å². The average Bonchev–Trinajstić information content (AvgIpc) is 2.05. The van der Waals surface area contributed by atoms with Crippen LogP contribution in [0, 0.1) is 3.57 Å². The standard InChI is InChI=1S/C7H7F2IO/c1-11-7-4-2-3-6(5-7)10(8)9/h2-5H,1H3. The maximum absolute atomic E-state index is 12.2. The molecule has 0 aromatic heterocycles. The molecule has 0 atom stereocenters. The molecule has 0 spiro atoms. The first kappa shape index (κ1) is 8.70. The number of benzene rings is 1. The van der Waals surface area contributed by atoms with Crippen molar-refractivity contribution >= 4 is 21.0 Å². The molecule has 0 aliphatic rings. The summed E-state index contributed by atoms with van der Waals surface area (Å²) in [5.41, 5.74) is 0. The summed E-state index contributed by atoms with van der Waals surface area (Å²) >= 11 is -3.81. The Morgan fingerprint density at radius 2 is 2.09 bits per heavy atom. The van der Waals surface area contributed by atoms with Crippen LogP contribution in [0.15, 0.2) is 24.3 Å². The van der Waals surface area contributed by atoms with Crippen molar-refractivity contribution < 1.29 is 10.5 Å². The van der Waals surface area contributed by atoms with E-state index in [1.54, 1.807) is 12.1 Å². The Bertz CT molecular complexity index is 240. The number of ether oxygens (including phenoxy) is 1. The van der Waals surface area contributed by atoms with E-state index in [1.807, 2.05) is 0 Å². The molecule has 0 N–H and O–H groups in total. The van der Waals surface area contributed by atoms with Gasteiger partial charge in [-0.25, -0.2) is 0 Å². The van der Waals surface area contributed by atoms with Crippen LogP contribution in [-0.2, 0) is 0 Å². The minimum absolute atomic E-state index is 0.147. The Morgan fingerprint density at radius 3 is 2.64 bits per heavy atom. The second-order valence-electron chi connectivity index (χ2n) is 1.86. The fraction of sp³-hybridized carbons (Fsp3) is 0.143. The van der Waals surface area contributed by atoms with Crippen LogP contribution in [0.4, 0.5) is 5.72 Å². The van der Waals surface area contributed by atoms with Gasteiger partial charge >= 0.3 is 72.1 Å². The van der Waals surface area contributed by atoms with E-state index in [0.717, 1.165) is 0 Å². The molecule has 0 saturated carbocycles. The fourth-order valence-corrected chi connectivity index (χ4v) is 1.70. The van der Waals surface area contributed by atoms with Crippen LogP contribution in [0.5, 0.6) is 5.75 Å². The van der Waals surface area contributed by atoms with Gasteiger partial charge in [-0.05, 0) is 0 Å². The third-order valence-corrected chi connectivity index (χ3v) is 2.81. The molecule has 1 aromatic rings. The van der Waals surface area contributed by atoms with Crippen molar-refractivity contribution in [1.29, 1.82) is 0 Å². The Morgan fingerprint density at radius 1 is 1.36 bits per heavy atom. The van der Waals surface area contributed by atoms with Gasteiger partial charge in [0.1, 0.15) is 0 Å². The molecule has 1 aromatic carbocycles. The number of rotatable bonds is 2. The summed E-state index contributed by atoms with van der Waals surface area (Å²) in [6.07, 6.45) is 0. The first-order valence-corrected chi connectivity index (χ1v) is 5.62. The normalized spacial score (nSPS) is 11.0. The van der Waals surface area contributed by atoms with Gasteiger partial charge < -0.3 is 0 Å². The quantitative estimate of drug-likeness (QED) is 0.751. The summed E-state index contributed by atoms with van der Waals surface area (Å²) in [6.45, 7) is 0. The van der Waals surface area contributed by atoms with Crippen LogP contribution in [0.1, 0.15) is 0 Å². The van der Waals surface area contributed by atoms with Crippen molar-refractivity contribution in [3.8, 4) is 5.75 Å². The zero-order valence-corrected chi connectivity index (χ0v) is 8.01. The van der Waals surface area contributed by atoms with E-state index in [9.17, 15) is 5.72 Å². The van der Waals surface area contributed by atoms with Crippen molar-refractivity contribution in [1.82, 2.24) is 0 Å². The average molecular weight is 272 g/mol. The first-order valence-electron chi connectivity index (χ1n) is 2.91. The predicted octanol–water partition coefficient (Wildman–Crippen LogP) is 3.14. The monoisotopic (exact) mass is 272 g/mol. The molecule has 0 unspecified atom stereocenters. The molecule has 0 fully saturated rings. The minimum atomic E-state index is -3.81. The summed E-state index contributed by atoms with van der Waals surface area (Å²) in [5, 5.41) is 0. The number of methoxy groups -OCH3 is 1. The summed E-state index contributed by atoms with van der Waals surface area (Å²) in [4.78, 5) is 0. The van der Waals surface area contributed by atoms with Crippen molar-refractivity contribution in [3.63, 3.8) is 0 Å². The topological polar surface area (TPSA) is 9.23 Å². The second-order valence-corrected chi connectivity index (χ2v) is 4.23. The Hall–Kier alpha value is -0.390.